The van der Waals surface area contributed by atoms with E-state index in [2.05, 4.69) is 16.9 Å². The van der Waals surface area contributed by atoms with E-state index in [1.165, 1.54) is 6.21 Å². The average Bonchev–Trinajstić information content (AvgIpc) is 3.35. The van der Waals surface area contributed by atoms with E-state index in [0.29, 0.717) is 22.6 Å². The van der Waals surface area contributed by atoms with E-state index in [0.717, 1.165) is 47.0 Å². The monoisotopic (exact) mass is 376 g/mol. The Bertz CT molecular complexity index is 1210. The maximum Gasteiger partial charge on any atom is 0.280 e. The molecule has 6 heteroatoms. The van der Waals surface area contributed by atoms with Crippen molar-refractivity contribution in [2.24, 2.45) is 7.05 Å². The number of hydrogen-bond donors (Lipinski definition) is 2. The van der Waals surface area contributed by atoms with Gasteiger partial charge in [-0.2, -0.15) is 0 Å². The van der Waals surface area contributed by atoms with Crippen LogP contribution in [0, 0.1) is 12.3 Å². The SMILES string of the molecule is C=C(C=N)/C=C(\C)c1ccc2c3oc([C@@H]4CCCN4)nc3c(=O)n(C)c2c1C. The van der Waals surface area contributed by atoms with Gasteiger partial charge < -0.3 is 19.7 Å². The highest BCUT2D eigenvalue weighted by Crippen LogP contribution is 2.32. The molecule has 0 bridgehead atoms. The molecule has 2 N–H and O–H groups in total. The molecule has 2 aromatic heterocycles. The van der Waals surface area contributed by atoms with Gasteiger partial charge in [0.15, 0.2) is 11.1 Å². The third-order valence-electron chi connectivity index (χ3n) is 5.53. The van der Waals surface area contributed by atoms with Gasteiger partial charge in [0.1, 0.15) is 0 Å². The van der Waals surface area contributed by atoms with Crippen LogP contribution in [0.4, 0.5) is 0 Å². The van der Waals surface area contributed by atoms with Gasteiger partial charge in [0.2, 0.25) is 5.89 Å². The van der Waals surface area contributed by atoms with Crippen molar-refractivity contribution in [3.8, 4) is 0 Å². The highest BCUT2D eigenvalue weighted by Gasteiger charge is 2.24. The number of benzene rings is 1. The summed E-state index contributed by atoms with van der Waals surface area (Å²) in [6.07, 6.45) is 5.15. The van der Waals surface area contributed by atoms with Gasteiger partial charge in [-0.25, -0.2) is 4.98 Å². The summed E-state index contributed by atoms with van der Waals surface area (Å²) in [5.74, 6) is 0.595. The largest absolute Gasteiger partial charge is 0.438 e. The average molecular weight is 376 g/mol. The molecule has 3 heterocycles. The van der Waals surface area contributed by atoms with Crippen molar-refractivity contribution in [3.63, 3.8) is 0 Å². The maximum absolute atomic E-state index is 13.0. The number of aromatic nitrogens is 2. The number of fused-ring (bicyclic) bond motifs is 3. The van der Waals surface area contributed by atoms with Crippen LogP contribution in [0.3, 0.4) is 0 Å². The first-order valence-electron chi connectivity index (χ1n) is 9.46. The van der Waals surface area contributed by atoms with Crippen LogP contribution in [0.15, 0.2) is 39.6 Å². The molecule has 1 saturated heterocycles. The lowest BCUT2D eigenvalue weighted by Gasteiger charge is -2.13. The van der Waals surface area contributed by atoms with Crippen molar-refractivity contribution in [1.82, 2.24) is 14.9 Å². The third-order valence-corrected chi connectivity index (χ3v) is 5.53. The van der Waals surface area contributed by atoms with Crippen molar-refractivity contribution in [2.75, 3.05) is 6.54 Å². The zero-order valence-corrected chi connectivity index (χ0v) is 16.4. The summed E-state index contributed by atoms with van der Waals surface area (Å²) in [7, 11) is 1.78. The number of rotatable bonds is 4. The normalized spacial score (nSPS) is 17.5. The Kier molecular flexibility index (Phi) is 4.51. The number of pyridine rings is 1. The molecule has 3 aromatic rings. The van der Waals surface area contributed by atoms with Crippen molar-refractivity contribution < 1.29 is 4.42 Å². The smallest absolute Gasteiger partial charge is 0.280 e. The minimum atomic E-state index is -0.152. The molecule has 0 amide bonds. The minimum Gasteiger partial charge on any atom is -0.438 e. The lowest BCUT2D eigenvalue weighted by atomic mass is 9.97. The first kappa shape index (κ1) is 18.4. The van der Waals surface area contributed by atoms with Crippen molar-refractivity contribution in [1.29, 1.82) is 5.41 Å². The molecule has 0 radical (unpaired) electrons. The standard InChI is InChI=1S/C22H24N4O2/c1-12(11-23)10-13(2)15-7-8-16-19(14(15)3)26(4)22(27)18-20(16)28-21(25-18)17-6-5-9-24-17/h7-8,10-11,17,23-24H,1,5-6,9H2,2-4H3/b13-10+,23-11?/t17-/m0/s1. The molecule has 1 fully saturated rings. The zero-order chi connectivity index (χ0) is 20.0. The maximum atomic E-state index is 13.0. The van der Waals surface area contributed by atoms with E-state index in [9.17, 15) is 4.79 Å². The molecule has 28 heavy (non-hydrogen) atoms. The lowest BCUT2D eigenvalue weighted by Crippen LogP contribution is -2.18. The van der Waals surface area contributed by atoms with Crippen LogP contribution in [0.25, 0.3) is 27.6 Å². The predicted molar refractivity (Wildman–Crippen MR) is 113 cm³/mol. The first-order chi connectivity index (χ1) is 13.4. The Morgan fingerprint density at radius 3 is 2.93 bits per heavy atom. The number of aryl methyl sites for hydroxylation is 2. The number of nitrogens with one attached hydrogen (secondary N) is 2. The number of oxazole rings is 1. The fraction of sp³-hybridized carbons (Fsp3) is 0.318. The van der Waals surface area contributed by atoms with Gasteiger partial charge in [-0.15, -0.1) is 0 Å². The Labute approximate surface area is 163 Å². The Balaban J connectivity index is 1.98. The van der Waals surface area contributed by atoms with Crippen LogP contribution >= 0.6 is 0 Å². The second kappa shape index (κ2) is 6.87. The van der Waals surface area contributed by atoms with Gasteiger partial charge in [0.25, 0.3) is 5.56 Å². The van der Waals surface area contributed by atoms with Crippen molar-refractivity contribution in [3.05, 3.63) is 57.7 Å². The molecule has 0 saturated carbocycles. The topological polar surface area (TPSA) is 83.9 Å². The summed E-state index contributed by atoms with van der Waals surface area (Å²) in [5, 5.41) is 11.6. The van der Waals surface area contributed by atoms with E-state index >= 15 is 0 Å². The van der Waals surface area contributed by atoms with Crippen LogP contribution in [-0.2, 0) is 7.05 Å². The molecule has 144 valence electrons. The Morgan fingerprint density at radius 1 is 1.46 bits per heavy atom. The molecule has 1 aromatic carbocycles. The highest BCUT2D eigenvalue weighted by molar-refractivity contribution is 6.03. The van der Waals surface area contributed by atoms with E-state index in [-0.39, 0.29) is 11.6 Å². The van der Waals surface area contributed by atoms with Gasteiger partial charge in [-0.3, -0.25) is 4.79 Å². The van der Waals surface area contributed by atoms with Gasteiger partial charge in [-0.05, 0) is 61.6 Å². The number of nitrogens with zero attached hydrogens (tertiary/aromatic N) is 2. The molecule has 1 aliphatic heterocycles. The van der Waals surface area contributed by atoms with Gasteiger partial charge in [0.05, 0.1) is 11.6 Å². The second-order valence-corrected chi connectivity index (χ2v) is 7.42. The quantitative estimate of drug-likeness (QED) is 0.532. The van der Waals surface area contributed by atoms with E-state index in [4.69, 9.17) is 9.83 Å². The van der Waals surface area contributed by atoms with Gasteiger partial charge in [0, 0.05) is 18.6 Å². The molecular formula is C22H24N4O2. The minimum absolute atomic E-state index is 0.0739. The van der Waals surface area contributed by atoms with Crippen LogP contribution in [-0.4, -0.2) is 22.3 Å². The summed E-state index contributed by atoms with van der Waals surface area (Å²) in [5.41, 5.74) is 5.26. The van der Waals surface area contributed by atoms with Gasteiger partial charge >= 0.3 is 0 Å². The summed E-state index contributed by atoms with van der Waals surface area (Å²) in [6, 6.07) is 4.09. The lowest BCUT2D eigenvalue weighted by molar-refractivity contribution is 0.453. The molecule has 0 unspecified atom stereocenters. The van der Waals surface area contributed by atoms with E-state index in [1.807, 2.05) is 32.1 Å². The van der Waals surface area contributed by atoms with Gasteiger partial charge in [-0.1, -0.05) is 18.7 Å². The second-order valence-electron chi connectivity index (χ2n) is 7.42. The molecule has 4 rings (SSSR count). The Morgan fingerprint density at radius 2 is 2.25 bits per heavy atom. The molecule has 0 spiro atoms. The van der Waals surface area contributed by atoms with Crippen LogP contribution in [0.5, 0.6) is 0 Å². The van der Waals surface area contributed by atoms with E-state index in [1.54, 1.807) is 11.6 Å². The molecule has 0 aliphatic carbocycles. The molecule has 1 aliphatic rings. The summed E-state index contributed by atoms with van der Waals surface area (Å²) < 4.78 is 7.75. The molecular weight excluding hydrogens is 352 g/mol. The highest BCUT2D eigenvalue weighted by atomic mass is 16.4. The van der Waals surface area contributed by atoms with Crippen molar-refractivity contribution >= 4 is 33.8 Å². The summed E-state index contributed by atoms with van der Waals surface area (Å²) in [6.45, 7) is 8.77. The Hall–Kier alpha value is -2.99. The fourth-order valence-corrected chi connectivity index (χ4v) is 4.11. The summed E-state index contributed by atoms with van der Waals surface area (Å²) in [4.78, 5) is 17.5. The zero-order valence-electron chi connectivity index (χ0n) is 16.4. The number of hydrogen-bond acceptors (Lipinski definition) is 5. The molecule has 1 atom stereocenters. The fourth-order valence-electron chi connectivity index (χ4n) is 4.11. The van der Waals surface area contributed by atoms with Crippen LogP contribution in [0.1, 0.15) is 42.8 Å². The van der Waals surface area contributed by atoms with Crippen molar-refractivity contribution in [2.45, 2.75) is 32.7 Å². The first-order valence-corrected chi connectivity index (χ1v) is 9.46. The van der Waals surface area contributed by atoms with Crippen LogP contribution < -0.4 is 10.9 Å². The van der Waals surface area contributed by atoms with Crippen LogP contribution in [0.2, 0.25) is 0 Å². The molecule has 6 nitrogen and oxygen atoms in total. The van der Waals surface area contributed by atoms with E-state index < -0.39 is 0 Å². The summed E-state index contributed by atoms with van der Waals surface area (Å²) >= 11 is 0. The number of allylic oxidation sites excluding steroid dienone is 3. The third kappa shape index (κ3) is 2.81. The predicted octanol–water partition coefficient (Wildman–Crippen LogP) is 4.02.